The number of amides is 1. The Morgan fingerprint density at radius 3 is 2.29 bits per heavy atom. The molecule has 0 unspecified atom stereocenters. The quantitative estimate of drug-likeness (QED) is 0.392. The van der Waals surface area contributed by atoms with Crippen LogP contribution in [-0.2, 0) is 5.54 Å². The number of benzene rings is 1. The summed E-state index contributed by atoms with van der Waals surface area (Å²) in [5.41, 5.74) is 0.443. The number of carbonyl (C=O) groups excluding carboxylic acids is 1. The first-order valence-electron chi connectivity index (χ1n) is 13.6. The summed E-state index contributed by atoms with van der Waals surface area (Å²) in [6.07, 6.45) is 16.3. The lowest BCUT2D eigenvalue weighted by Crippen LogP contribution is -2.61. The second kappa shape index (κ2) is 9.03. The molecule has 0 radical (unpaired) electrons. The van der Waals surface area contributed by atoms with Crippen molar-refractivity contribution in [3.8, 4) is 0 Å². The first kappa shape index (κ1) is 22.7. The minimum Gasteiger partial charge on any atom is -0.273 e. The van der Waals surface area contributed by atoms with Gasteiger partial charge in [0.15, 0.2) is 5.82 Å². The summed E-state index contributed by atoms with van der Waals surface area (Å²) in [6, 6.07) is 6.14. The van der Waals surface area contributed by atoms with Crippen LogP contribution in [0.2, 0.25) is 0 Å². The van der Waals surface area contributed by atoms with Crippen molar-refractivity contribution in [3.63, 3.8) is 0 Å². The smallest absolute Gasteiger partial charge is 0.269 e. The molecule has 1 spiro atoms. The maximum absolute atomic E-state index is 14.0. The van der Waals surface area contributed by atoms with Crippen molar-refractivity contribution in [1.29, 1.82) is 0 Å². The second-order valence-electron chi connectivity index (χ2n) is 11.1. The van der Waals surface area contributed by atoms with Crippen molar-refractivity contribution in [2.24, 2.45) is 5.92 Å². The highest BCUT2D eigenvalue weighted by Crippen LogP contribution is 2.53. The molecule has 3 saturated carbocycles. The van der Waals surface area contributed by atoms with E-state index in [1.807, 2.05) is 4.90 Å². The lowest BCUT2D eigenvalue weighted by molar-refractivity contribution is -0.384. The summed E-state index contributed by atoms with van der Waals surface area (Å²) in [5.74, 6) is 2.29. The number of carbonyl (C=O) groups is 1. The van der Waals surface area contributed by atoms with Crippen LogP contribution in [0.4, 0.5) is 11.6 Å². The predicted molar refractivity (Wildman–Crippen MR) is 133 cm³/mol. The lowest BCUT2D eigenvalue weighted by Gasteiger charge is -2.55. The topological polar surface area (TPSA) is 94.2 Å². The molecule has 1 aromatic heterocycles. The third kappa shape index (κ3) is 3.76. The highest BCUT2D eigenvalue weighted by Gasteiger charge is 2.55. The molecule has 8 nitrogen and oxygen atoms in total. The number of hydrogen-bond acceptors (Lipinski definition) is 5. The largest absolute Gasteiger partial charge is 0.273 e. The monoisotopic (exact) mass is 477 g/mol. The van der Waals surface area contributed by atoms with Crippen LogP contribution in [0.15, 0.2) is 24.3 Å². The molecule has 186 valence electrons. The van der Waals surface area contributed by atoms with Crippen LogP contribution < -0.4 is 4.90 Å². The van der Waals surface area contributed by atoms with E-state index in [0.717, 1.165) is 56.7 Å². The number of rotatable bonds is 3. The summed E-state index contributed by atoms with van der Waals surface area (Å²) in [6.45, 7) is 0. The van der Waals surface area contributed by atoms with Gasteiger partial charge in [-0.2, -0.15) is 10.1 Å². The third-order valence-electron chi connectivity index (χ3n) is 9.23. The molecule has 2 heterocycles. The predicted octanol–water partition coefficient (Wildman–Crippen LogP) is 6.11. The average molecular weight is 478 g/mol. The van der Waals surface area contributed by atoms with Crippen LogP contribution in [0.1, 0.15) is 112 Å². The Labute approximate surface area is 206 Å². The zero-order valence-corrected chi connectivity index (χ0v) is 20.4. The SMILES string of the molecule is O=C(c1ccc([N+](=O)[O-])cc1)N1c2nc(C3CCCCC3)nn2C2(CCCCC2)[C@@H]2CCCC[C@@H]21. The summed E-state index contributed by atoms with van der Waals surface area (Å²) in [5, 5.41) is 16.4. The molecule has 2 atom stereocenters. The maximum atomic E-state index is 14.0. The van der Waals surface area contributed by atoms with E-state index in [1.165, 1.54) is 57.1 Å². The molecule has 0 bridgehead atoms. The van der Waals surface area contributed by atoms with Gasteiger partial charge < -0.3 is 0 Å². The summed E-state index contributed by atoms with van der Waals surface area (Å²) in [7, 11) is 0. The van der Waals surface area contributed by atoms with Crippen molar-refractivity contribution >= 4 is 17.5 Å². The molecule has 8 heteroatoms. The molecule has 0 saturated heterocycles. The number of aromatic nitrogens is 3. The van der Waals surface area contributed by atoms with E-state index in [0.29, 0.717) is 17.4 Å². The van der Waals surface area contributed by atoms with Crippen LogP contribution in [0.3, 0.4) is 0 Å². The van der Waals surface area contributed by atoms with Crippen LogP contribution in [0.5, 0.6) is 0 Å². The minimum absolute atomic E-state index is 0.000327. The molecule has 6 rings (SSSR count). The Morgan fingerprint density at radius 2 is 1.57 bits per heavy atom. The molecule has 3 aliphatic carbocycles. The normalized spacial score (nSPS) is 26.2. The average Bonchev–Trinajstić information content (AvgIpc) is 3.36. The van der Waals surface area contributed by atoms with E-state index in [2.05, 4.69) is 4.68 Å². The van der Waals surface area contributed by atoms with Crippen molar-refractivity contribution < 1.29 is 9.72 Å². The van der Waals surface area contributed by atoms with E-state index in [-0.39, 0.29) is 23.2 Å². The fraction of sp³-hybridized carbons (Fsp3) is 0.667. The Morgan fingerprint density at radius 1 is 0.914 bits per heavy atom. The molecule has 2 aromatic rings. The molecular formula is C27H35N5O3. The highest BCUT2D eigenvalue weighted by molar-refractivity contribution is 6.06. The van der Waals surface area contributed by atoms with Gasteiger partial charge in [0.1, 0.15) is 0 Å². The number of non-ortho nitro benzene ring substituents is 1. The first-order chi connectivity index (χ1) is 17.1. The van der Waals surface area contributed by atoms with Crippen LogP contribution in [-0.4, -0.2) is 31.6 Å². The van der Waals surface area contributed by atoms with E-state index in [1.54, 1.807) is 12.1 Å². The second-order valence-corrected chi connectivity index (χ2v) is 11.1. The van der Waals surface area contributed by atoms with Crippen LogP contribution >= 0.6 is 0 Å². The van der Waals surface area contributed by atoms with Crippen LogP contribution in [0, 0.1) is 16.0 Å². The Bertz CT molecular complexity index is 1100. The fourth-order valence-corrected chi connectivity index (χ4v) is 7.51. The van der Waals surface area contributed by atoms with Gasteiger partial charge in [0, 0.05) is 35.6 Å². The number of fused-ring (bicyclic) bond motifs is 4. The van der Waals surface area contributed by atoms with E-state index >= 15 is 0 Å². The van der Waals surface area contributed by atoms with E-state index < -0.39 is 4.92 Å². The van der Waals surface area contributed by atoms with Crippen LogP contribution in [0.25, 0.3) is 0 Å². The first-order valence-corrected chi connectivity index (χ1v) is 13.6. The van der Waals surface area contributed by atoms with Gasteiger partial charge in [-0.25, -0.2) is 4.68 Å². The minimum atomic E-state index is -0.424. The zero-order valence-electron chi connectivity index (χ0n) is 20.4. The number of nitro groups is 1. The Hall–Kier alpha value is -2.77. The molecule has 0 N–H and O–H groups in total. The van der Waals surface area contributed by atoms with Gasteiger partial charge in [-0.05, 0) is 50.7 Å². The molecular weight excluding hydrogens is 442 g/mol. The zero-order chi connectivity index (χ0) is 24.0. The Balaban J connectivity index is 1.46. The van der Waals surface area contributed by atoms with Gasteiger partial charge in [0.2, 0.25) is 5.95 Å². The van der Waals surface area contributed by atoms with Gasteiger partial charge in [-0.15, -0.1) is 0 Å². The Kier molecular flexibility index (Phi) is 5.85. The van der Waals surface area contributed by atoms with Gasteiger partial charge >= 0.3 is 0 Å². The van der Waals surface area contributed by atoms with Gasteiger partial charge in [-0.1, -0.05) is 51.4 Å². The van der Waals surface area contributed by atoms with Gasteiger partial charge in [0.25, 0.3) is 11.6 Å². The maximum Gasteiger partial charge on any atom is 0.269 e. The number of nitrogens with zero attached hydrogens (tertiary/aromatic N) is 5. The molecule has 1 aromatic carbocycles. The lowest BCUT2D eigenvalue weighted by atomic mass is 9.64. The van der Waals surface area contributed by atoms with Crippen molar-refractivity contribution in [2.45, 2.75) is 107 Å². The molecule has 3 fully saturated rings. The van der Waals surface area contributed by atoms with Gasteiger partial charge in [0.05, 0.1) is 10.5 Å². The van der Waals surface area contributed by atoms with E-state index in [9.17, 15) is 14.9 Å². The molecule has 4 aliphatic rings. The third-order valence-corrected chi connectivity index (χ3v) is 9.23. The number of hydrogen-bond donors (Lipinski definition) is 0. The van der Waals surface area contributed by atoms with Crippen molar-refractivity contribution in [1.82, 2.24) is 14.8 Å². The van der Waals surface area contributed by atoms with Gasteiger partial charge in [-0.3, -0.25) is 19.8 Å². The standard InChI is InChI=1S/C27H35N5O3/c33-25(20-13-15-21(16-14-20)32(34)35)30-23-12-6-5-11-22(23)27(17-7-2-8-18-27)31-26(30)28-24(29-31)19-9-3-1-4-10-19/h13-16,19,22-23H,1-12,17-18H2/t22-,23+/m1/s1. The fourth-order valence-electron chi connectivity index (χ4n) is 7.51. The van der Waals surface area contributed by atoms with Crippen molar-refractivity contribution in [3.05, 3.63) is 45.8 Å². The molecule has 1 aliphatic heterocycles. The highest BCUT2D eigenvalue weighted by atomic mass is 16.6. The number of anilines is 1. The molecule has 1 amide bonds. The van der Waals surface area contributed by atoms with E-state index in [4.69, 9.17) is 10.1 Å². The summed E-state index contributed by atoms with van der Waals surface area (Å²) >= 11 is 0. The number of nitro benzene ring substituents is 1. The summed E-state index contributed by atoms with van der Waals surface area (Å²) < 4.78 is 2.20. The van der Waals surface area contributed by atoms with Crippen molar-refractivity contribution in [2.75, 3.05) is 4.90 Å². The molecule has 35 heavy (non-hydrogen) atoms. The summed E-state index contributed by atoms with van der Waals surface area (Å²) in [4.78, 5) is 31.8.